The first-order valence-electron chi connectivity index (χ1n) is 10.4. The van der Waals surface area contributed by atoms with Crippen molar-refractivity contribution in [3.05, 3.63) is 71.4 Å². The fourth-order valence-electron chi connectivity index (χ4n) is 3.20. The van der Waals surface area contributed by atoms with Gasteiger partial charge in [0.15, 0.2) is 0 Å². The maximum Gasteiger partial charge on any atom is 0.490 e. The lowest BCUT2D eigenvalue weighted by Crippen LogP contribution is -2.30. The second-order valence-electron chi connectivity index (χ2n) is 8.10. The molecule has 1 amide bonds. The molecule has 1 aromatic heterocycles. The van der Waals surface area contributed by atoms with E-state index in [9.17, 15) is 36.2 Å². The molecule has 36 heavy (non-hydrogen) atoms. The largest absolute Gasteiger partial charge is 0.505 e. The molecule has 0 aliphatic rings. The number of aliphatic carboxylic acids is 1. The average Bonchev–Trinajstić information content (AvgIpc) is 2.77. The fourth-order valence-corrected chi connectivity index (χ4v) is 3.20. The van der Waals surface area contributed by atoms with E-state index in [-0.39, 0.29) is 35.1 Å². The van der Waals surface area contributed by atoms with E-state index in [0.29, 0.717) is 10.9 Å². The molecule has 0 saturated heterocycles. The number of alkyl halides is 6. The van der Waals surface area contributed by atoms with Crippen LogP contribution in [0, 0.1) is 5.92 Å². The van der Waals surface area contributed by atoms with Crippen molar-refractivity contribution < 1.29 is 46.1 Å². The number of carbonyl (C=O) groups excluding carboxylic acids is 1. The number of aromatic hydroxyl groups is 1. The minimum absolute atomic E-state index is 0.0732. The summed E-state index contributed by atoms with van der Waals surface area (Å²) >= 11 is 0. The molecule has 2 aromatic carbocycles. The van der Waals surface area contributed by atoms with Crippen molar-refractivity contribution in [3.8, 4) is 5.75 Å². The number of amides is 1. The maximum atomic E-state index is 13.2. The Morgan fingerprint density at radius 2 is 1.64 bits per heavy atom. The molecular weight excluding hydrogens is 494 g/mol. The number of hydrogen-bond donors (Lipinski definition) is 3. The molecule has 3 N–H and O–H groups in total. The molecule has 0 aliphatic heterocycles. The SMILES string of the molecule is CC(C)CC(=O)NC(c1cccc(C(F)(F)F)c1)c1ccc2cccnc2c1O.O=C(O)C(F)(F)F. The number of phenols is 1. The smallest absolute Gasteiger partial charge is 0.490 e. The van der Waals surface area contributed by atoms with Crippen molar-refractivity contribution in [1.29, 1.82) is 0 Å². The highest BCUT2D eigenvalue weighted by Crippen LogP contribution is 2.37. The topological polar surface area (TPSA) is 99.5 Å². The number of carboxylic acids is 1. The van der Waals surface area contributed by atoms with Crippen LogP contribution >= 0.6 is 0 Å². The third-order valence-corrected chi connectivity index (χ3v) is 4.78. The van der Waals surface area contributed by atoms with Gasteiger partial charge in [-0.15, -0.1) is 0 Å². The number of hydrogen-bond acceptors (Lipinski definition) is 4. The summed E-state index contributed by atoms with van der Waals surface area (Å²) in [6.07, 6.45) is -7.87. The molecule has 0 saturated carbocycles. The molecule has 1 unspecified atom stereocenters. The van der Waals surface area contributed by atoms with E-state index in [1.54, 1.807) is 24.3 Å². The van der Waals surface area contributed by atoms with Crippen molar-refractivity contribution in [2.45, 2.75) is 38.7 Å². The van der Waals surface area contributed by atoms with Crippen LogP contribution in [0.15, 0.2) is 54.7 Å². The first kappa shape index (κ1) is 28.4. The fraction of sp³-hybridized carbons (Fsp3) is 0.292. The van der Waals surface area contributed by atoms with E-state index in [0.717, 1.165) is 12.1 Å². The molecule has 12 heteroatoms. The molecule has 1 atom stereocenters. The van der Waals surface area contributed by atoms with Crippen LogP contribution in [0.25, 0.3) is 10.9 Å². The molecule has 3 aromatic rings. The molecule has 0 aliphatic carbocycles. The van der Waals surface area contributed by atoms with Crippen molar-refractivity contribution in [3.63, 3.8) is 0 Å². The van der Waals surface area contributed by atoms with Crippen LogP contribution in [-0.2, 0) is 15.8 Å². The summed E-state index contributed by atoms with van der Waals surface area (Å²) in [6, 6.07) is 10.6. The van der Waals surface area contributed by atoms with Crippen molar-refractivity contribution in [2.75, 3.05) is 0 Å². The molecule has 0 radical (unpaired) electrons. The van der Waals surface area contributed by atoms with E-state index in [1.165, 1.54) is 18.3 Å². The first-order valence-corrected chi connectivity index (χ1v) is 10.4. The highest BCUT2D eigenvalue weighted by Gasteiger charge is 2.38. The number of phenolic OH excluding ortho intramolecular Hbond substituents is 1. The Bertz CT molecular complexity index is 1230. The summed E-state index contributed by atoms with van der Waals surface area (Å²) in [5, 5.41) is 21.4. The van der Waals surface area contributed by atoms with E-state index >= 15 is 0 Å². The molecular formula is C24H22F6N2O4. The second-order valence-corrected chi connectivity index (χ2v) is 8.10. The van der Waals surface area contributed by atoms with Gasteiger partial charge < -0.3 is 15.5 Å². The number of halogens is 6. The Morgan fingerprint density at radius 3 is 2.19 bits per heavy atom. The highest BCUT2D eigenvalue weighted by atomic mass is 19.4. The van der Waals surface area contributed by atoms with Gasteiger partial charge >= 0.3 is 18.3 Å². The van der Waals surface area contributed by atoms with Gasteiger partial charge in [0.05, 0.1) is 11.6 Å². The zero-order chi connectivity index (χ0) is 27.3. The Kier molecular flexibility index (Phi) is 8.89. The number of nitrogens with one attached hydrogen (secondary N) is 1. The van der Waals surface area contributed by atoms with Gasteiger partial charge in [-0.05, 0) is 29.7 Å². The van der Waals surface area contributed by atoms with E-state index in [1.807, 2.05) is 13.8 Å². The molecule has 6 nitrogen and oxygen atoms in total. The highest BCUT2D eigenvalue weighted by molar-refractivity contribution is 5.86. The number of benzene rings is 2. The third-order valence-electron chi connectivity index (χ3n) is 4.78. The zero-order valence-electron chi connectivity index (χ0n) is 19.0. The standard InChI is InChI=1S/C22H21F3N2O2.C2HF3O2/c1-13(2)11-18(28)27-19(15-5-3-7-16(12-15)22(23,24)25)17-9-8-14-6-4-10-26-20(14)21(17)29;3-2(4,5)1(6)7/h3-10,12-13,19,29H,11H2,1-2H3,(H,27,28);(H,6,7). The quantitative estimate of drug-likeness (QED) is 0.370. The summed E-state index contributed by atoms with van der Waals surface area (Å²) < 4.78 is 71.4. The van der Waals surface area contributed by atoms with E-state index < -0.39 is 29.9 Å². The van der Waals surface area contributed by atoms with Crippen LogP contribution in [0.1, 0.15) is 43.0 Å². The van der Waals surface area contributed by atoms with E-state index in [2.05, 4.69) is 10.3 Å². The number of rotatable bonds is 5. The van der Waals surface area contributed by atoms with Crippen LogP contribution in [-0.4, -0.2) is 33.2 Å². The van der Waals surface area contributed by atoms with Gasteiger partial charge in [0.1, 0.15) is 11.3 Å². The van der Waals surface area contributed by atoms with Crippen LogP contribution in [0.2, 0.25) is 0 Å². The predicted molar refractivity (Wildman–Crippen MR) is 118 cm³/mol. The first-order chi connectivity index (χ1) is 16.6. The van der Waals surface area contributed by atoms with Crippen LogP contribution in [0.3, 0.4) is 0 Å². The maximum absolute atomic E-state index is 13.2. The third kappa shape index (κ3) is 7.59. The minimum Gasteiger partial charge on any atom is -0.505 e. The summed E-state index contributed by atoms with van der Waals surface area (Å²) in [4.78, 5) is 25.5. The summed E-state index contributed by atoms with van der Waals surface area (Å²) in [5.74, 6) is -3.17. The lowest BCUT2D eigenvalue weighted by Gasteiger charge is -2.23. The molecule has 1 heterocycles. The predicted octanol–water partition coefficient (Wildman–Crippen LogP) is 5.84. The zero-order valence-corrected chi connectivity index (χ0v) is 19.0. The monoisotopic (exact) mass is 516 g/mol. The van der Waals surface area contributed by atoms with Gasteiger partial charge in [0.2, 0.25) is 5.91 Å². The van der Waals surface area contributed by atoms with Crippen LogP contribution in [0.5, 0.6) is 5.75 Å². The molecule has 0 spiro atoms. The number of pyridine rings is 1. The number of carbonyl (C=O) groups is 2. The number of aromatic nitrogens is 1. The summed E-state index contributed by atoms with van der Waals surface area (Å²) in [6.45, 7) is 3.74. The molecule has 194 valence electrons. The van der Waals surface area contributed by atoms with Gasteiger partial charge in [0, 0.05) is 23.6 Å². The Hall–Kier alpha value is -3.83. The average molecular weight is 516 g/mol. The summed E-state index contributed by atoms with van der Waals surface area (Å²) in [5.41, 5.74) is 0.00624. The molecule has 3 rings (SSSR count). The van der Waals surface area contributed by atoms with Crippen LogP contribution < -0.4 is 5.32 Å². The normalized spacial score (nSPS) is 12.6. The van der Waals surface area contributed by atoms with Gasteiger partial charge in [-0.2, -0.15) is 26.3 Å². The van der Waals surface area contributed by atoms with Crippen molar-refractivity contribution >= 4 is 22.8 Å². The van der Waals surface area contributed by atoms with Gasteiger partial charge in [0.25, 0.3) is 0 Å². The Morgan fingerprint density at radius 1 is 1.00 bits per heavy atom. The van der Waals surface area contributed by atoms with E-state index in [4.69, 9.17) is 9.90 Å². The Labute approximate surface area is 201 Å². The van der Waals surface area contributed by atoms with Gasteiger partial charge in [-0.25, -0.2) is 4.79 Å². The van der Waals surface area contributed by atoms with Gasteiger partial charge in [-0.1, -0.05) is 44.2 Å². The lowest BCUT2D eigenvalue weighted by atomic mass is 9.94. The Balaban J connectivity index is 0.000000572. The number of fused-ring (bicyclic) bond motifs is 1. The molecule has 0 fully saturated rings. The molecule has 0 bridgehead atoms. The van der Waals surface area contributed by atoms with Crippen molar-refractivity contribution in [1.82, 2.24) is 10.3 Å². The second kappa shape index (κ2) is 11.3. The number of carboxylic acid groups (broad SMARTS) is 1. The van der Waals surface area contributed by atoms with Crippen molar-refractivity contribution in [2.24, 2.45) is 5.92 Å². The van der Waals surface area contributed by atoms with Crippen LogP contribution in [0.4, 0.5) is 26.3 Å². The summed E-state index contributed by atoms with van der Waals surface area (Å²) in [7, 11) is 0. The minimum atomic E-state index is -5.08. The van der Waals surface area contributed by atoms with Gasteiger partial charge in [-0.3, -0.25) is 9.78 Å². The lowest BCUT2D eigenvalue weighted by molar-refractivity contribution is -0.192. The number of nitrogens with zero attached hydrogens (tertiary/aromatic N) is 1.